The van der Waals surface area contributed by atoms with E-state index in [1.165, 1.54) is 0 Å². The van der Waals surface area contributed by atoms with Gasteiger partial charge in [0.05, 0.1) is 6.61 Å². The van der Waals surface area contributed by atoms with Crippen molar-refractivity contribution in [2.75, 3.05) is 13.2 Å². The zero-order chi connectivity index (χ0) is 5.11. The van der Waals surface area contributed by atoms with Gasteiger partial charge in [-0.25, -0.2) is 0 Å². The van der Waals surface area contributed by atoms with Crippen LogP contribution in [0.5, 0.6) is 0 Å². The molecule has 0 unspecified atom stereocenters. The quantitative estimate of drug-likeness (QED) is 0.473. The molecule has 1 aliphatic rings. The van der Waals surface area contributed by atoms with Gasteiger partial charge in [-0.3, -0.25) is 0 Å². The molecule has 0 bridgehead atoms. The largest absolute Gasteiger partial charge is 0.396 e. The van der Waals surface area contributed by atoms with Gasteiger partial charge in [-0.15, -0.1) is 0 Å². The van der Waals surface area contributed by atoms with E-state index < -0.39 is 0 Å². The van der Waals surface area contributed by atoms with Gasteiger partial charge in [0.25, 0.3) is 0 Å². The molecule has 2 heteroatoms. The summed E-state index contributed by atoms with van der Waals surface area (Å²) in [6.07, 6.45) is 3.85. The average Bonchev–Trinajstić information content (AvgIpc) is 2.14. The fraction of sp³-hybridized carbons (Fsp3) is 0.600. The summed E-state index contributed by atoms with van der Waals surface area (Å²) < 4.78 is 0. The van der Waals surface area contributed by atoms with Crippen molar-refractivity contribution in [2.45, 2.75) is 0 Å². The number of aliphatic hydroxyl groups excluding tert-OH is 1. The first-order valence-electron chi connectivity index (χ1n) is 2.44. The Balaban J connectivity index is 2.28. The minimum absolute atomic E-state index is 0.267. The highest BCUT2D eigenvalue weighted by atomic mass is 16.3. The van der Waals surface area contributed by atoms with E-state index in [-0.39, 0.29) is 6.61 Å². The number of hydrogen-bond acceptors (Lipinski definition) is 2. The molecular formula is C5H9NO. The normalized spacial score (nSPS) is 27.9. The number of nitrogens with one attached hydrogen (secondary N) is 1. The van der Waals surface area contributed by atoms with Crippen LogP contribution in [0.25, 0.3) is 0 Å². The van der Waals surface area contributed by atoms with E-state index in [4.69, 9.17) is 5.11 Å². The highest BCUT2D eigenvalue weighted by Gasteiger charge is 2.04. The third kappa shape index (κ3) is 0.933. The highest BCUT2D eigenvalue weighted by molar-refractivity contribution is 4.94. The van der Waals surface area contributed by atoms with Gasteiger partial charge in [0.2, 0.25) is 0 Å². The van der Waals surface area contributed by atoms with Gasteiger partial charge in [-0.2, -0.15) is 0 Å². The van der Waals surface area contributed by atoms with Crippen LogP contribution in [0.3, 0.4) is 0 Å². The van der Waals surface area contributed by atoms with Crippen LogP contribution >= 0.6 is 0 Å². The predicted molar refractivity (Wildman–Crippen MR) is 27.7 cm³/mol. The molecule has 0 aromatic carbocycles. The summed E-state index contributed by atoms with van der Waals surface area (Å²) in [5, 5.41) is 11.5. The van der Waals surface area contributed by atoms with Crippen molar-refractivity contribution in [1.29, 1.82) is 0 Å². The molecule has 0 saturated heterocycles. The highest BCUT2D eigenvalue weighted by Crippen LogP contribution is 1.99. The molecule has 40 valence electrons. The fourth-order valence-electron chi connectivity index (χ4n) is 0.617. The zero-order valence-corrected chi connectivity index (χ0v) is 4.09. The van der Waals surface area contributed by atoms with Crippen LogP contribution in [0.4, 0.5) is 0 Å². The Hall–Kier alpha value is -0.500. The SMILES string of the molecule is OC[C@H]1C=CNC1. The summed E-state index contributed by atoms with van der Waals surface area (Å²) in [5.41, 5.74) is 0. The zero-order valence-electron chi connectivity index (χ0n) is 4.09. The summed E-state index contributed by atoms with van der Waals surface area (Å²) >= 11 is 0. The molecule has 1 atom stereocenters. The molecule has 0 radical (unpaired) electrons. The van der Waals surface area contributed by atoms with Gasteiger partial charge in [0, 0.05) is 12.5 Å². The first-order valence-corrected chi connectivity index (χ1v) is 2.44. The lowest BCUT2D eigenvalue weighted by molar-refractivity contribution is 0.257. The first-order chi connectivity index (χ1) is 3.43. The van der Waals surface area contributed by atoms with Crippen molar-refractivity contribution in [2.24, 2.45) is 5.92 Å². The monoisotopic (exact) mass is 99.1 g/mol. The van der Waals surface area contributed by atoms with Gasteiger partial charge in [0.1, 0.15) is 0 Å². The van der Waals surface area contributed by atoms with Gasteiger partial charge >= 0.3 is 0 Å². The van der Waals surface area contributed by atoms with Gasteiger partial charge in [0.15, 0.2) is 0 Å². The maximum absolute atomic E-state index is 8.47. The molecule has 0 saturated carbocycles. The molecule has 1 aliphatic heterocycles. The standard InChI is InChI=1S/C5H9NO/c7-4-5-1-2-6-3-5/h1-2,5-7H,3-4H2/t5-/m0/s1. The number of aliphatic hydroxyl groups is 1. The van der Waals surface area contributed by atoms with Crippen molar-refractivity contribution in [1.82, 2.24) is 5.32 Å². The summed E-state index contributed by atoms with van der Waals surface area (Å²) in [6, 6.07) is 0. The van der Waals surface area contributed by atoms with Crippen LogP contribution in [0.2, 0.25) is 0 Å². The second-order valence-corrected chi connectivity index (χ2v) is 1.71. The van der Waals surface area contributed by atoms with E-state index in [1.807, 2.05) is 12.3 Å². The second kappa shape index (κ2) is 1.98. The summed E-state index contributed by atoms with van der Waals surface area (Å²) in [4.78, 5) is 0. The van der Waals surface area contributed by atoms with Crippen LogP contribution in [0.15, 0.2) is 12.3 Å². The second-order valence-electron chi connectivity index (χ2n) is 1.71. The summed E-state index contributed by atoms with van der Waals surface area (Å²) in [6.45, 7) is 1.17. The molecule has 0 spiro atoms. The van der Waals surface area contributed by atoms with E-state index >= 15 is 0 Å². The van der Waals surface area contributed by atoms with Crippen LogP contribution in [-0.4, -0.2) is 18.3 Å². The number of rotatable bonds is 1. The molecule has 0 aromatic rings. The third-order valence-electron chi connectivity index (χ3n) is 1.10. The molecule has 0 fully saturated rings. The van der Waals surface area contributed by atoms with E-state index in [0.717, 1.165) is 6.54 Å². The molecular weight excluding hydrogens is 90.1 g/mol. The third-order valence-corrected chi connectivity index (χ3v) is 1.10. The lowest BCUT2D eigenvalue weighted by atomic mass is 10.2. The Labute approximate surface area is 42.8 Å². The van der Waals surface area contributed by atoms with Crippen molar-refractivity contribution in [3.05, 3.63) is 12.3 Å². The van der Waals surface area contributed by atoms with Crippen molar-refractivity contribution in [3.63, 3.8) is 0 Å². The van der Waals surface area contributed by atoms with E-state index in [0.29, 0.717) is 5.92 Å². The lowest BCUT2D eigenvalue weighted by Gasteiger charge is -1.97. The fourth-order valence-corrected chi connectivity index (χ4v) is 0.617. The summed E-state index contributed by atoms with van der Waals surface area (Å²) in [7, 11) is 0. The van der Waals surface area contributed by atoms with Crippen molar-refractivity contribution < 1.29 is 5.11 Å². The van der Waals surface area contributed by atoms with Crippen molar-refractivity contribution >= 4 is 0 Å². The van der Waals surface area contributed by atoms with Gasteiger partial charge in [-0.05, 0) is 6.20 Å². The molecule has 2 N–H and O–H groups in total. The summed E-state index contributed by atoms with van der Waals surface area (Å²) in [5.74, 6) is 0.361. The molecule has 0 aromatic heterocycles. The Morgan fingerprint density at radius 3 is 3.00 bits per heavy atom. The predicted octanol–water partition coefficient (Wildman–Crippen LogP) is -0.288. The Bertz CT molecular complexity index is 80.1. The van der Waals surface area contributed by atoms with Gasteiger partial charge < -0.3 is 10.4 Å². The van der Waals surface area contributed by atoms with Crippen LogP contribution in [0.1, 0.15) is 0 Å². The average molecular weight is 99.1 g/mol. The van der Waals surface area contributed by atoms with Crippen LogP contribution < -0.4 is 5.32 Å². The lowest BCUT2D eigenvalue weighted by Crippen LogP contribution is -2.11. The minimum atomic E-state index is 0.267. The van der Waals surface area contributed by atoms with E-state index in [1.54, 1.807) is 0 Å². The molecule has 1 rings (SSSR count). The molecule has 7 heavy (non-hydrogen) atoms. The topological polar surface area (TPSA) is 32.3 Å². The first kappa shape index (κ1) is 4.65. The Morgan fingerprint density at radius 2 is 2.71 bits per heavy atom. The Kier molecular flexibility index (Phi) is 1.32. The minimum Gasteiger partial charge on any atom is -0.396 e. The van der Waals surface area contributed by atoms with Crippen LogP contribution in [-0.2, 0) is 0 Å². The Morgan fingerprint density at radius 1 is 1.86 bits per heavy atom. The van der Waals surface area contributed by atoms with E-state index in [9.17, 15) is 0 Å². The van der Waals surface area contributed by atoms with Crippen LogP contribution in [0, 0.1) is 5.92 Å². The molecule has 2 nitrogen and oxygen atoms in total. The molecule has 1 heterocycles. The van der Waals surface area contributed by atoms with Crippen molar-refractivity contribution in [3.8, 4) is 0 Å². The van der Waals surface area contributed by atoms with Gasteiger partial charge in [-0.1, -0.05) is 6.08 Å². The van der Waals surface area contributed by atoms with E-state index in [2.05, 4.69) is 5.32 Å². The smallest absolute Gasteiger partial charge is 0.0511 e. The molecule has 0 amide bonds. The maximum Gasteiger partial charge on any atom is 0.0511 e. The maximum atomic E-state index is 8.47. The molecule has 0 aliphatic carbocycles. The number of hydrogen-bond donors (Lipinski definition) is 2.